The zero-order chi connectivity index (χ0) is 24.9. The Labute approximate surface area is 201 Å². The predicted octanol–water partition coefficient (Wildman–Crippen LogP) is 5.64. The summed E-state index contributed by atoms with van der Waals surface area (Å²) in [6.07, 6.45) is 0. The highest BCUT2D eigenvalue weighted by molar-refractivity contribution is 6.20. The van der Waals surface area contributed by atoms with Crippen LogP contribution in [0.15, 0.2) is 74.9 Å². The molecule has 0 saturated heterocycles. The second-order valence-electron chi connectivity index (χ2n) is 8.78. The van der Waals surface area contributed by atoms with Crippen molar-refractivity contribution in [1.29, 1.82) is 0 Å². The number of benzene rings is 2. The van der Waals surface area contributed by atoms with Gasteiger partial charge in [0.25, 0.3) is 5.91 Å². The Morgan fingerprint density at radius 2 is 1.89 bits per heavy atom. The zero-order valence-electron chi connectivity index (χ0n) is 19.7. The van der Waals surface area contributed by atoms with E-state index in [9.17, 15) is 14.7 Å². The fourth-order valence-electron chi connectivity index (χ4n) is 4.36. The van der Waals surface area contributed by atoms with Crippen molar-refractivity contribution in [3.8, 4) is 5.75 Å². The van der Waals surface area contributed by atoms with E-state index in [1.165, 1.54) is 12.0 Å². The number of hydrogen-bond acceptors (Lipinski definition) is 7. The molecule has 0 spiro atoms. The Morgan fingerprint density at radius 1 is 1.14 bits per heavy atom. The van der Waals surface area contributed by atoms with Crippen LogP contribution in [0, 0.1) is 6.92 Å². The van der Waals surface area contributed by atoms with Gasteiger partial charge in [0.2, 0.25) is 5.78 Å². The number of aromatic nitrogens is 1. The van der Waals surface area contributed by atoms with E-state index in [2.05, 4.69) is 19.0 Å². The number of aryl methyl sites for hydroxylation is 1. The lowest BCUT2D eigenvalue weighted by Gasteiger charge is -2.24. The Morgan fingerprint density at radius 3 is 2.51 bits per heavy atom. The van der Waals surface area contributed by atoms with Crippen molar-refractivity contribution in [2.24, 2.45) is 0 Å². The molecule has 1 unspecified atom stereocenters. The number of nitrogens with zero attached hydrogens (tertiary/aromatic N) is 2. The summed E-state index contributed by atoms with van der Waals surface area (Å²) in [5, 5.41) is 15.6. The molecule has 1 aliphatic rings. The van der Waals surface area contributed by atoms with Crippen molar-refractivity contribution in [3.63, 3.8) is 0 Å². The van der Waals surface area contributed by atoms with Gasteiger partial charge in [-0.05, 0) is 36.1 Å². The maximum Gasteiger partial charge on any atom is 0.295 e. The number of aliphatic hydroxyl groups excluding tert-OH is 1. The zero-order valence-corrected chi connectivity index (χ0v) is 19.7. The molecule has 8 nitrogen and oxygen atoms in total. The number of ketones is 1. The average Bonchev–Trinajstić information content (AvgIpc) is 3.55. The minimum Gasteiger partial charge on any atom is -0.503 e. The number of carbonyl (C=O) groups is 2. The van der Waals surface area contributed by atoms with Crippen LogP contribution in [0.3, 0.4) is 0 Å². The van der Waals surface area contributed by atoms with Crippen LogP contribution in [0.25, 0.3) is 11.0 Å². The second kappa shape index (κ2) is 8.47. The first kappa shape index (κ1) is 22.5. The molecule has 0 fully saturated rings. The topological polar surface area (TPSA) is 106 Å². The largest absolute Gasteiger partial charge is 0.503 e. The van der Waals surface area contributed by atoms with Crippen molar-refractivity contribution >= 4 is 28.5 Å². The summed E-state index contributed by atoms with van der Waals surface area (Å²) in [5.74, 6) is -0.539. The van der Waals surface area contributed by atoms with Gasteiger partial charge < -0.3 is 18.8 Å². The summed E-state index contributed by atoms with van der Waals surface area (Å²) < 4.78 is 16.4. The Bertz CT molecular complexity index is 1480. The predicted molar refractivity (Wildman–Crippen MR) is 129 cm³/mol. The number of furan rings is 1. The number of carbonyl (C=O) groups excluding carboxylic acids is 2. The van der Waals surface area contributed by atoms with Gasteiger partial charge in [0.1, 0.15) is 5.76 Å². The van der Waals surface area contributed by atoms with Gasteiger partial charge in [-0.2, -0.15) is 0 Å². The number of rotatable bonds is 6. The summed E-state index contributed by atoms with van der Waals surface area (Å²) in [5.41, 5.74) is 2.06. The summed E-state index contributed by atoms with van der Waals surface area (Å²) in [6.45, 7) is 5.86. The van der Waals surface area contributed by atoms with Crippen LogP contribution >= 0.6 is 0 Å². The number of para-hydroxylation sites is 1. The van der Waals surface area contributed by atoms with Crippen molar-refractivity contribution in [1.82, 2.24) is 5.16 Å². The molecule has 5 rings (SSSR count). The molecule has 1 atom stereocenters. The van der Waals surface area contributed by atoms with Gasteiger partial charge in [0.05, 0.1) is 18.7 Å². The van der Waals surface area contributed by atoms with Crippen LogP contribution in [0.1, 0.15) is 53.2 Å². The van der Waals surface area contributed by atoms with Gasteiger partial charge >= 0.3 is 0 Å². The van der Waals surface area contributed by atoms with E-state index >= 15 is 0 Å². The van der Waals surface area contributed by atoms with Gasteiger partial charge in [-0.1, -0.05) is 55.4 Å². The van der Waals surface area contributed by atoms with Gasteiger partial charge in [0.15, 0.2) is 28.7 Å². The number of aliphatic hydroxyl groups is 1. The van der Waals surface area contributed by atoms with Gasteiger partial charge in [-0.3, -0.25) is 14.5 Å². The molecular weight excluding hydrogens is 448 g/mol. The van der Waals surface area contributed by atoms with Crippen LogP contribution in [0.4, 0.5) is 5.82 Å². The smallest absolute Gasteiger partial charge is 0.295 e. The first-order valence-electron chi connectivity index (χ1n) is 11.2. The monoisotopic (exact) mass is 472 g/mol. The number of anilines is 1. The van der Waals surface area contributed by atoms with E-state index in [0.717, 1.165) is 5.56 Å². The van der Waals surface area contributed by atoms with Crippen LogP contribution in [-0.4, -0.2) is 29.1 Å². The molecule has 1 N–H and O–H groups in total. The molecule has 0 saturated carbocycles. The Kier molecular flexibility index (Phi) is 5.43. The molecule has 1 aliphatic heterocycles. The van der Waals surface area contributed by atoms with Gasteiger partial charge in [-0.25, -0.2) is 0 Å². The minimum atomic E-state index is -0.921. The highest BCUT2D eigenvalue weighted by Gasteiger charge is 2.46. The molecule has 0 radical (unpaired) electrons. The molecule has 4 aromatic rings. The third-order valence-electron chi connectivity index (χ3n) is 6.19. The number of amides is 1. The Balaban J connectivity index is 1.64. The average molecular weight is 472 g/mol. The summed E-state index contributed by atoms with van der Waals surface area (Å²) in [7, 11) is 1.51. The maximum atomic E-state index is 13.7. The van der Waals surface area contributed by atoms with Crippen LogP contribution in [-0.2, 0) is 4.79 Å². The number of ether oxygens (including phenoxy) is 1. The molecule has 35 heavy (non-hydrogen) atoms. The molecule has 2 aromatic carbocycles. The van der Waals surface area contributed by atoms with E-state index in [-0.39, 0.29) is 17.2 Å². The molecular formula is C27H24N2O6. The first-order valence-corrected chi connectivity index (χ1v) is 11.2. The number of hydrogen-bond donors (Lipinski definition) is 1. The number of methoxy groups -OCH3 is 1. The lowest BCUT2D eigenvalue weighted by atomic mass is 9.93. The third-order valence-corrected chi connectivity index (χ3v) is 6.19. The fourth-order valence-corrected chi connectivity index (χ4v) is 4.36. The maximum absolute atomic E-state index is 13.7. The lowest BCUT2D eigenvalue weighted by Crippen LogP contribution is -2.31. The summed E-state index contributed by atoms with van der Waals surface area (Å²) >= 11 is 0. The third kappa shape index (κ3) is 3.67. The van der Waals surface area contributed by atoms with Crippen molar-refractivity contribution in [2.45, 2.75) is 32.7 Å². The van der Waals surface area contributed by atoms with Gasteiger partial charge in [0, 0.05) is 11.5 Å². The van der Waals surface area contributed by atoms with Crippen LogP contribution in [0.5, 0.6) is 5.75 Å². The standard InChI is InChI=1S/C27H24N2O6/c1-14(2)16-8-10-17(11-9-16)23-22(25(31)27(32)29(23)21-12-15(3)35-28-21)24(30)20-13-18-6-5-7-19(33-4)26(18)34-20/h5-14,23,31H,1-4H3. The van der Waals surface area contributed by atoms with E-state index in [1.807, 2.05) is 24.3 Å². The highest BCUT2D eigenvalue weighted by Crippen LogP contribution is 2.42. The molecule has 1 amide bonds. The summed E-state index contributed by atoms with van der Waals surface area (Å²) in [6, 6.07) is 15.1. The van der Waals surface area contributed by atoms with Crippen molar-refractivity contribution in [3.05, 3.63) is 88.6 Å². The van der Waals surface area contributed by atoms with Crippen molar-refractivity contribution < 1.29 is 28.4 Å². The van der Waals surface area contributed by atoms with Crippen molar-refractivity contribution in [2.75, 3.05) is 12.0 Å². The molecule has 8 heteroatoms. The SMILES string of the molecule is COc1cccc2cc(C(=O)C3=C(O)C(=O)N(c4cc(C)on4)C3c3ccc(C(C)C)cc3)oc12. The first-order chi connectivity index (χ1) is 16.8. The van der Waals surface area contributed by atoms with E-state index in [1.54, 1.807) is 37.3 Å². The summed E-state index contributed by atoms with van der Waals surface area (Å²) in [4.78, 5) is 28.2. The number of Topliss-reactive ketones (excluding diaryl/α,β-unsaturated/α-hetero) is 1. The molecule has 0 aliphatic carbocycles. The highest BCUT2D eigenvalue weighted by atomic mass is 16.5. The van der Waals surface area contributed by atoms with Crippen LogP contribution in [0.2, 0.25) is 0 Å². The number of fused-ring (bicyclic) bond motifs is 1. The quantitative estimate of drug-likeness (QED) is 0.362. The second-order valence-corrected chi connectivity index (χ2v) is 8.78. The molecule has 178 valence electrons. The lowest BCUT2D eigenvalue weighted by molar-refractivity contribution is -0.117. The normalized spacial score (nSPS) is 16.1. The van der Waals surface area contributed by atoms with E-state index in [0.29, 0.717) is 34.0 Å². The Hall–Kier alpha value is -4.33. The van der Waals surface area contributed by atoms with E-state index in [4.69, 9.17) is 13.7 Å². The fraction of sp³-hybridized carbons (Fsp3) is 0.222. The van der Waals surface area contributed by atoms with Gasteiger partial charge in [-0.15, -0.1) is 0 Å². The van der Waals surface area contributed by atoms with E-state index < -0.39 is 23.5 Å². The molecule has 2 aromatic heterocycles. The molecule has 3 heterocycles. The minimum absolute atomic E-state index is 0.0131. The molecule has 0 bridgehead atoms. The van der Waals surface area contributed by atoms with Crippen LogP contribution < -0.4 is 9.64 Å².